The Hall–Kier alpha value is -1.88. The van der Waals surface area contributed by atoms with Gasteiger partial charge in [-0.25, -0.2) is 4.39 Å². The Morgan fingerprint density at radius 3 is 2.82 bits per heavy atom. The van der Waals surface area contributed by atoms with E-state index in [2.05, 4.69) is 34.6 Å². The van der Waals surface area contributed by atoms with Crippen molar-refractivity contribution in [3.63, 3.8) is 0 Å². The molecule has 0 atom stereocenters. The predicted molar refractivity (Wildman–Crippen MR) is 115 cm³/mol. The molecule has 28 heavy (non-hydrogen) atoms. The Morgan fingerprint density at radius 2 is 2.11 bits per heavy atom. The zero-order valence-electron chi connectivity index (χ0n) is 16.3. The molecule has 1 aliphatic heterocycles. The normalized spacial score (nSPS) is 13.5. The van der Waals surface area contributed by atoms with Crippen LogP contribution in [0, 0.1) is 5.82 Å². The molecule has 0 amide bonds. The lowest BCUT2D eigenvalue weighted by atomic mass is 10.1. The highest BCUT2D eigenvalue weighted by Gasteiger charge is 2.17. The third-order valence-corrected chi connectivity index (χ3v) is 4.26. The molecular formula is C19H26FIN4O3. The van der Waals surface area contributed by atoms with Crippen molar-refractivity contribution in [3.8, 4) is 5.75 Å². The summed E-state index contributed by atoms with van der Waals surface area (Å²) in [6, 6.07) is 4.89. The molecule has 1 aliphatic rings. The SMILES string of the molecule is CN=C(NCCc1cc(F)cc2c1OCOC2)NCc1cc(C(C)C)no1.I. The number of aromatic nitrogens is 1. The van der Waals surface area contributed by atoms with Gasteiger partial charge in [0.15, 0.2) is 18.5 Å². The first-order valence-corrected chi connectivity index (χ1v) is 8.98. The number of benzene rings is 1. The molecule has 9 heteroatoms. The molecular weight excluding hydrogens is 478 g/mol. The maximum Gasteiger partial charge on any atom is 0.191 e. The molecule has 2 aromatic rings. The number of aliphatic imine (C=N–C) groups is 1. The van der Waals surface area contributed by atoms with Crippen LogP contribution in [0.4, 0.5) is 4.39 Å². The number of nitrogens with one attached hydrogen (secondary N) is 2. The molecule has 0 aliphatic carbocycles. The standard InChI is InChI=1S/C19H25FN4O3.HI/c1-12(2)17-8-16(27-24-17)9-23-19(21-3)22-5-4-13-6-15(20)7-14-10-25-11-26-18(13)14;/h6-8,12H,4-5,9-11H2,1-3H3,(H2,21,22,23);1H. The number of nitrogens with zero attached hydrogens (tertiary/aromatic N) is 2. The minimum Gasteiger partial charge on any atom is -0.467 e. The second-order valence-electron chi connectivity index (χ2n) is 6.64. The first-order valence-electron chi connectivity index (χ1n) is 8.98. The van der Waals surface area contributed by atoms with Gasteiger partial charge in [-0.15, -0.1) is 24.0 Å². The van der Waals surface area contributed by atoms with Crippen molar-refractivity contribution in [2.75, 3.05) is 20.4 Å². The van der Waals surface area contributed by atoms with Gasteiger partial charge in [0.25, 0.3) is 0 Å². The summed E-state index contributed by atoms with van der Waals surface area (Å²) in [6.07, 6.45) is 0.598. The van der Waals surface area contributed by atoms with Crippen LogP contribution in [0.3, 0.4) is 0 Å². The van der Waals surface area contributed by atoms with E-state index in [9.17, 15) is 4.39 Å². The van der Waals surface area contributed by atoms with Gasteiger partial charge in [0.2, 0.25) is 0 Å². The van der Waals surface area contributed by atoms with Gasteiger partial charge in [-0.2, -0.15) is 0 Å². The second-order valence-corrected chi connectivity index (χ2v) is 6.64. The van der Waals surface area contributed by atoms with Crippen LogP contribution in [0.25, 0.3) is 0 Å². The first-order chi connectivity index (χ1) is 13.1. The number of halogens is 2. The van der Waals surface area contributed by atoms with Crippen LogP contribution in [0.15, 0.2) is 27.7 Å². The van der Waals surface area contributed by atoms with E-state index in [0.29, 0.717) is 38.0 Å². The topological polar surface area (TPSA) is 80.9 Å². The lowest BCUT2D eigenvalue weighted by Crippen LogP contribution is -2.37. The number of hydrogen-bond donors (Lipinski definition) is 2. The van der Waals surface area contributed by atoms with Gasteiger partial charge >= 0.3 is 0 Å². The molecule has 0 bridgehead atoms. The molecule has 2 N–H and O–H groups in total. The van der Waals surface area contributed by atoms with Gasteiger partial charge in [-0.1, -0.05) is 19.0 Å². The van der Waals surface area contributed by atoms with Crippen LogP contribution in [-0.2, 0) is 24.3 Å². The zero-order chi connectivity index (χ0) is 19.2. The molecule has 0 spiro atoms. The number of ether oxygens (including phenoxy) is 2. The van der Waals surface area contributed by atoms with Crippen molar-refractivity contribution >= 4 is 29.9 Å². The summed E-state index contributed by atoms with van der Waals surface area (Å²) in [7, 11) is 1.69. The first kappa shape index (κ1) is 22.4. The highest BCUT2D eigenvalue weighted by Crippen LogP contribution is 2.29. The maximum atomic E-state index is 13.8. The Balaban J connectivity index is 0.00000280. The van der Waals surface area contributed by atoms with E-state index in [-0.39, 0.29) is 36.6 Å². The fourth-order valence-corrected chi connectivity index (χ4v) is 2.83. The highest BCUT2D eigenvalue weighted by molar-refractivity contribution is 14.0. The molecule has 154 valence electrons. The summed E-state index contributed by atoms with van der Waals surface area (Å²) >= 11 is 0. The van der Waals surface area contributed by atoms with Crippen LogP contribution in [-0.4, -0.2) is 31.5 Å². The molecule has 3 rings (SSSR count). The van der Waals surface area contributed by atoms with Gasteiger partial charge in [0.1, 0.15) is 11.6 Å². The van der Waals surface area contributed by atoms with Crippen molar-refractivity contribution < 1.29 is 18.4 Å². The average Bonchev–Trinajstić information content (AvgIpc) is 3.13. The summed E-state index contributed by atoms with van der Waals surface area (Å²) in [6.45, 7) is 5.75. The Labute approximate surface area is 181 Å². The van der Waals surface area contributed by atoms with Crippen molar-refractivity contribution in [1.82, 2.24) is 15.8 Å². The van der Waals surface area contributed by atoms with Gasteiger partial charge in [-0.3, -0.25) is 4.99 Å². The molecule has 0 unspecified atom stereocenters. The molecule has 1 aromatic heterocycles. The molecule has 0 saturated heterocycles. The monoisotopic (exact) mass is 504 g/mol. The van der Waals surface area contributed by atoms with Crippen molar-refractivity contribution in [2.45, 2.75) is 39.3 Å². The van der Waals surface area contributed by atoms with E-state index in [1.807, 2.05) is 6.07 Å². The Kier molecular flexibility index (Phi) is 8.49. The van der Waals surface area contributed by atoms with Crippen molar-refractivity contribution in [2.24, 2.45) is 4.99 Å². The molecule has 0 saturated carbocycles. The Morgan fingerprint density at radius 1 is 1.29 bits per heavy atom. The van der Waals surface area contributed by atoms with E-state index < -0.39 is 0 Å². The predicted octanol–water partition coefficient (Wildman–Crippen LogP) is 3.33. The van der Waals surface area contributed by atoms with Crippen LogP contribution >= 0.6 is 24.0 Å². The highest BCUT2D eigenvalue weighted by atomic mass is 127. The zero-order valence-corrected chi connectivity index (χ0v) is 18.6. The van der Waals surface area contributed by atoms with Crippen molar-refractivity contribution in [1.29, 1.82) is 0 Å². The summed E-state index contributed by atoms with van der Waals surface area (Å²) in [5.41, 5.74) is 2.48. The third kappa shape index (κ3) is 5.81. The minimum absolute atomic E-state index is 0. The van der Waals surface area contributed by atoms with E-state index in [4.69, 9.17) is 14.0 Å². The lowest BCUT2D eigenvalue weighted by molar-refractivity contribution is -0.0172. The van der Waals surface area contributed by atoms with Gasteiger partial charge in [0, 0.05) is 25.2 Å². The summed E-state index contributed by atoms with van der Waals surface area (Å²) in [5.74, 6) is 2.13. The smallest absolute Gasteiger partial charge is 0.191 e. The van der Waals surface area contributed by atoms with Crippen LogP contribution < -0.4 is 15.4 Å². The molecule has 0 radical (unpaired) electrons. The molecule has 0 fully saturated rings. The quantitative estimate of drug-likeness (QED) is 0.357. The largest absolute Gasteiger partial charge is 0.467 e. The van der Waals surface area contributed by atoms with Gasteiger partial charge in [-0.05, 0) is 30.0 Å². The van der Waals surface area contributed by atoms with E-state index >= 15 is 0 Å². The van der Waals surface area contributed by atoms with Crippen molar-refractivity contribution in [3.05, 3.63) is 46.6 Å². The molecule has 7 nitrogen and oxygen atoms in total. The maximum absolute atomic E-state index is 13.8. The third-order valence-electron chi connectivity index (χ3n) is 4.26. The fraction of sp³-hybridized carbons (Fsp3) is 0.474. The Bertz CT molecular complexity index is 810. The number of fused-ring (bicyclic) bond motifs is 1. The van der Waals surface area contributed by atoms with E-state index in [1.165, 1.54) is 12.1 Å². The van der Waals surface area contributed by atoms with Crippen LogP contribution in [0.1, 0.15) is 42.3 Å². The van der Waals surface area contributed by atoms with E-state index in [0.717, 1.165) is 28.3 Å². The second kappa shape index (κ2) is 10.6. The number of hydrogen-bond acceptors (Lipinski definition) is 5. The number of rotatable bonds is 6. The lowest BCUT2D eigenvalue weighted by Gasteiger charge is -2.21. The number of guanidine groups is 1. The fourth-order valence-electron chi connectivity index (χ4n) is 2.83. The minimum atomic E-state index is -0.286. The molecule has 2 heterocycles. The van der Waals surface area contributed by atoms with Gasteiger partial charge in [0.05, 0.1) is 18.8 Å². The average molecular weight is 504 g/mol. The summed E-state index contributed by atoms with van der Waals surface area (Å²) < 4.78 is 29.8. The summed E-state index contributed by atoms with van der Waals surface area (Å²) in [4.78, 5) is 4.19. The summed E-state index contributed by atoms with van der Waals surface area (Å²) in [5, 5.41) is 10.4. The van der Waals surface area contributed by atoms with Crippen LogP contribution in [0.2, 0.25) is 0 Å². The molecule has 1 aromatic carbocycles. The van der Waals surface area contributed by atoms with Crippen LogP contribution in [0.5, 0.6) is 5.75 Å². The van der Waals surface area contributed by atoms with Gasteiger partial charge < -0.3 is 24.6 Å². The van der Waals surface area contributed by atoms with E-state index in [1.54, 1.807) is 7.05 Å².